The summed E-state index contributed by atoms with van der Waals surface area (Å²) < 4.78 is 5.63. The number of halogens is 1. The number of fused-ring (bicyclic) bond motifs is 1. The summed E-state index contributed by atoms with van der Waals surface area (Å²) in [6.45, 7) is 0. The molecule has 4 aromatic carbocycles. The van der Waals surface area contributed by atoms with Crippen molar-refractivity contribution in [3.05, 3.63) is 113 Å². The van der Waals surface area contributed by atoms with Gasteiger partial charge in [-0.25, -0.2) is 0 Å². The van der Waals surface area contributed by atoms with Gasteiger partial charge in [0.2, 0.25) is 0 Å². The van der Waals surface area contributed by atoms with Gasteiger partial charge in [0, 0.05) is 22.9 Å². The molecule has 2 atom stereocenters. The maximum absolute atomic E-state index is 13.0. The summed E-state index contributed by atoms with van der Waals surface area (Å²) in [5.41, 5.74) is 0.251. The molecule has 0 radical (unpaired) electrons. The Morgan fingerprint density at radius 2 is 1.67 bits per heavy atom. The Kier molecular flexibility index (Phi) is 6.35. The fraction of sp³-hybridized carbons (Fsp3) is 0.143. The van der Waals surface area contributed by atoms with Crippen LogP contribution in [0.1, 0.15) is 22.6 Å². The minimum absolute atomic E-state index is 0.0225. The lowest BCUT2D eigenvalue weighted by Crippen LogP contribution is -2.39. The van der Waals surface area contributed by atoms with Crippen LogP contribution in [0.5, 0.6) is 5.75 Å². The van der Waals surface area contributed by atoms with Crippen LogP contribution in [0.25, 0.3) is 10.8 Å². The van der Waals surface area contributed by atoms with Crippen molar-refractivity contribution in [2.24, 2.45) is 5.41 Å². The van der Waals surface area contributed by atoms with Crippen molar-refractivity contribution in [1.29, 1.82) is 5.26 Å². The molecule has 4 aromatic rings. The second kappa shape index (κ2) is 9.36. The fourth-order valence-electron chi connectivity index (χ4n) is 4.53. The summed E-state index contributed by atoms with van der Waals surface area (Å²) in [5, 5.41) is 23.4. The van der Waals surface area contributed by atoms with Gasteiger partial charge < -0.3 is 9.84 Å². The lowest BCUT2D eigenvalue weighted by molar-refractivity contribution is -0.146. The fourth-order valence-corrected chi connectivity index (χ4v) is 4.74. The van der Waals surface area contributed by atoms with Gasteiger partial charge in [0.05, 0.1) is 13.2 Å². The van der Waals surface area contributed by atoms with Crippen LogP contribution < -0.4 is 4.74 Å². The topological polar surface area (TPSA) is 70.3 Å². The molecule has 0 aliphatic rings. The number of benzene rings is 4. The van der Waals surface area contributed by atoms with E-state index in [-0.39, 0.29) is 6.42 Å². The number of methoxy groups -OCH3 is 1. The van der Waals surface area contributed by atoms with E-state index in [0.29, 0.717) is 21.9 Å². The van der Waals surface area contributed by atoms with Crippen molar-refractivity contribution in [2.45, 2.75) is 12.3 Å². The molecule has 1 N–H and O–H groups in total. The third-order valence-corrected chi connectivity index (χ3v) is 6.27. The zero-order valence-corrected chi connectivity index (χ0v) is 18.8. The Morgan fingerprint density at radius 3 is 2.39 bits per heavy atom. The minimum atomic E-state index is -1.82. The van der Waals surface area contributed by atoms with Gasteiger partial charge in [-0.15, -0.1) is 0 Å². The Morgan fingerprint density at radius 1 is 1.00 bits per heavy atom. The molecule has 0 saturated heterocycles. The van der Waals surface area contributed by atoms with Gasteiger partial charge in [0.1, 0.15) is 5.75 Å². The number of hydrogen-bond donors (Lipinski definition) is 1. The zero-order valence-electron chi connectivity index (χ0n) is 18.0. The SMILES string of the molecule is COc1ccccc1C(c1cccc2ccccc12)C(C#N)(Cc1cccc(Cl)c1)C(=O)O. The molecule has 0 amide bonds. The van der Waals surface area contributed by atoms with Crippen molar-refractivity contribution in [2.75, 3.05) is 7.11 Å². The average molecular weight is 456 g/mol. The van der Waals surface area contributed by atoms with Gasteiger partial charge >= 0.3 is 5.97 Å². The molecule has 4 nitrogen and oxygen atoms in total. The van der Waals surface area contributed by atoms with Crippen molar-refractivity contribution < 1.29 is 14.6 Å². The standard InChI is InChI=1S/C28H22ClNO3/c1-33-25-15-5-4-13-24(25)26(23-14-7-10-20-9-2-3-12-22(20)23)28(18-30,27(31)32)17-19-8-6-11-21(29)16-19/h2-16,26H,17H2,1H3,(H,31,32). The Labute approximate surface area is 197 Å². The first-order chi connectivity index (χ1) is 16.0. The van der Waals surface area contributed by atoms with E-state index in [2.05, 4.69) is 6.07 Å². The summed E-state index contributed by atoms with van der Waals surface area (Å²) in [4.78, 5) is 13.0. The second-order valence-corrected chi connectivity index (χ2v) is 8.37. The maximum Gasteiger partial charge on any atom is 0.325 e. The number of carboxylic acids is 1. The van der Waals surface area contributed by atoms with Gasteiger partial charge in [-0.1, -0.05) is 84.4 Å². The average Bonchev–Trinajstić information content (AvgIpc) is 2.84. The van der Waals surface area contributed by atoms with E-state index >= 15 is 0 Å². The summed E-state index contributed by atoms with van der Waals surface area (Å²) in [7, 11) is 1.55. The Bertz CT molecular complexity index is 1360. The lowest BCUT2D eigenvalue weighted by atomic mass is 9.65. The number of nitrogens with zero attached hydrogens (tertiary/aromatic N) is 1. The first-order valence-corrected chi connectivity index (χ1v) is 10.9. The third kappa shape index (κ3) is 4.16. The predicted octanol–water partition coefficient (Wildman–Crippen LogP) is 6.47. The van der Waals surface area contributed by atoms with Gasteiger partial charge in [-0.05, 0) is 40.1 Å². The van der Waals surface area contributed by atoms with Gasteiger partial charge in [-0.2, -0.15) is 5.26 Å². The van der Waals surface area contributed by atoms with Gasteiger partial charge in [-0.3, -0.25) is 4.79 Å². The third-order valence-electron chi connectivity index (χ3n) is 6.03. The molecule has 4 rings (SSSR count). The summed E-state index contributed by atoms with van der Waals surface area (Å²) in [6.07, 6.45) is -0.0225. The van der Waals surface area contributed by atoms with Crippen LogP contribution in [0.4, 0.5) is 0 Å². The molecule has 0 aromatic heterocycles. The number of ether oxygens (including phenoxy) is 1. The van der Waals surface area contributed by atoms with Crippen LogP contribution in [-0.2, 0) is 11.2 Å². The normalized spacial score (nSPS) is 13.6. The number of carbonyl (C=O) groups is 1. The van der Waals surface area contributed by atoms with E-state index in [1.165, 1.54) is 0 Å². The monoisotopic (exact) mass is 455 g/mol. The lowest BCUT2D eigenvalue weighted by Gasteiger charge is -2.34. The number of nitriles is 1. The molecule has 0 aliphatic carbocycles. The van der Waals surface area contributed by atoms with Crippen molar-refractivity contribution in [3.63, 3.8) is 0 Å². The first kappa shape index (κ1) is 22.4. The smallest absolute Gasteiger partial charge is 0.325 e. The highest BCUT2D eigenvalue weighted by Crippen LogP contribution is 2.48. The van der Waals surface area contributed by atoms with Crippen LogP contribution in [-0.4, -0.2) is 18.2 Å². The molecule has 0 heterocycles. The predicted molar refractivity (Wildman–Crippen MR) is 130 cm³/mol. The number of para-hydroxylation sites is 1. The highest BCUT2D eigenvalue weighted by Gasteiger charge is 2.49. The van der Waals surface area contributed by atoms with E-state index in [4.69, 9.17) is 16.3 Å². The summed E-state index contributed by atoms with van der Waals surface area (Å²) in [5.74, 6) is -1.47. The van der Waals surface area contributed by atoms with Crippen LogP contribution in [0.3, 0.4) is 0 Å². The van der Waals surface area contributed by atoms with Crippen LogP contribution in [0, 0.1) is 16.7 Å². The molecule has 0 spiro atoms. The molecular weight excluding hydrogens is 434 g/mol. The highest BCUT2D eigenvalue weighted by atomic mass is 35.5. The second-order valence-electron chi connectivity index (χ2n) is 7.94. The first-order valence-electron chi connectivity index (χ1n) is 10.5. The number of carboxylic acid groups (broad SMARTS) is 1. The van der Waals surface area contributed by atoms with Crippen molar-refractivity contribution in [3.8, 4) is 11.8 Å². The molecule has 33 heavy (non-hydrogen) atoms. The molecule has 0 bridgehead atoms. The minimum Gasteiger partial charge on any atom is -0.496 e. The van der Waals surface area contributed by atoms with Crippen LogP contribution in [0.15, 0.2) is 91.0 Å². The van der Waals surface area contributed by atoms with E-state index in [1.807, 2.05) is 60.7 Å². The molecular formula is C28H22ClNO3. The van der Waals surface area contributed by atoms with Crippen LogP contribution in [0.2, 0.25) is 5.02 Å². The van der Waals surface area contributed by atoms with Crippen molar-refractivity contribution in [1.82, 2.24) is 0 Å². The van der Waals surface area contributed by atoms with Gasteiger partial charge in [0.25, 0.3) is 0 Å². The Hall–Kier alpha value is -3.81. The Balaban J connectivity index is 2.05. The van der Waals surface area contributed by atoms with Gasteiger partial charge in [0.15, 0.2) is 5.41 Å². The number of hydrogen-bond acceptors (Lipinski definition) is 3. The maximum atomic E-state index is 13.0. The van der Waals surface area contributed by atoms with E-state index in [1.54, 1.807) is 37.4 Å². The molecule has 2 unspecified atom stereocenters. The van der Waals surface area contributed by atoms with E-state index in [0.717, 1.165) is 16.3 Å². The molecule has 0 aliphatic heterocycles. The quantitative estimate of drug-likeness (QED) is 0.346. The van der Waals surface area contributed by atoms with E-state index in [9.17, 15) is 15.2 Å². The van der Waals surface area contributed by atoms with Crippen molar-refractivity contribution >= 4 is 28.3 Å². The molecule has 0 fully saturated rings. The zero-order chi connectivity index (χ0) is 23.4. The van der Waals surface area contributed by atoms with Crippen LogP contribution >= 0.6 is 11.6 Å². The van der Waals surface area contributed by atoms with E-state index < -0.39 is 17.3 Å². The highest BCUT2D eigenvalue weighted by molar-refractivity contribution is 6.30. The summed E-state index contributed by atoms with van der Waals surface area (Å²) in [6, 6.07) is 30.0. The molecule has 5 heteroatoms. The number of rotatable bonds is 7. The largest absolute Gasteiger partial charge is 0.496 e. The summed E-state index contributed by atoms with van der Waals surface area (Å²) >= 11 is 6.19. The number of aliphatic carboxylic acids is 1. The molecule has 0 saturated carbocycles. The molecule has 164 valence electrons.